The molecule has 9 heteroatoms. The van der Waals surface area contributed by atoms with Crippen LogP contribution in [0.2, 0.25) is 0 Å². The minimum absolute atomic E-state index is 0.0587. The molecule has 3 rings (SSSR count). The number of hydrogen-bond donors (Lipinski definition) is 1. The van der Waals surface area contributed by atoms with Gasteiger partial charge in [0.05, 0.1) is 22.6 Å². The Bertz CT molecular complexity index is 1000. The van der Waals surface area contributed by atoms with Gasteiger partial charge in [-0.05, 0) is 36.6 Å². The van der Waals surface area contributed by atoms with Crippen molar-refractivity contribution in [3.05, 3.63) is 35.9 Å². The maximum Gasteiger partial charge on any atom is 0.258 e. The van der Waals surface area contributed by atoms with Gasteiger partial charge in [0, 0.05) is 23.4 Å². The smallest absolute Gasteiger partial charge is 0.258 e. The number of carbonyl (C=O) groups excluding carboxylic acids is 2. The van der Waals surface area contributed by atoms with Crippen molar-refractivity contribution >= 4 is 50.1 Å². The minimum Gasteiger partial charge on any atom is -0.548 e. The Labute approximate surface area is 155 Å². The summed E-state index contributed by atoms with van der Waals surface area (Å²) >= 11 is 1.42. The fourth-order valence-corrected chi connectivity index (χ4v) is 4.95. The van der Waals surface area contributed by atoms with Crippen molar-refractivity contribution in [1.82, 2.24) is 4.72 Å². The number of carboxylic acid groups (broad SMARTS) is 1. The molecule has 26 heavy (non-hydrogen) atoms. The van der Waals surface area contributed by atoms with Crippen molar-refractivity contribution in [3.63, 3.8) is 0 Å². The highest BCUT2D eigenvalue weighted by atomic mass is 32.2. The fraction of sp³-hybridized carbons (Fsp3) is 0.294. The number of rotatable bonds is 7. The average Bonchev–Trinajstić information content (AvgIpc) is 2.85. The number of nitrogens with one attached hydrogen (secondary N) is 1. The molecule has 0 saturated carbocycles. The van der Waals surface area contributed by atoms with E-state index < -0.39 is 22.0 Å². The predicted octanol–water partition coefficient (Wildman–Crippen LogP) is 0.580. The van der Waals surface area contributed by atoms with Gasteiger partial charge in [-0.1, -0.05) is 12.1 Å². The maximum atomic E-state index is 12.8. The standard InChI is InChI=1S/C17H18N2O5S2/c1-19-13-6-7-14(10-4-3-5-11(15(10)13)16(19)20)26(23,24)18-12(17(21)22)8-9-25-2/h3-7,12,18H,8-9H2,1-2H3,(H,21,22)/p-1. The number of sulfonamides is 1. The van der Waals surface area contributed by atoms with E-state index in [1.165, 1.54) is 22.7 Å². The summed E-state index contributed by atoms with van der Waals surface area (Å²) in [5.74, 6) is -1.20. The molecule has 1 aliphatic rings. The van der Waals surface area contributed by atoms with Crippen molar-refractivity contribution in [1.29, 1.82) is 0 Å². The summed E-state index contributed by atoms with van der Waals surface area (Å²) in [4.78, 5) is 25.0. The van der Waals surface area contributed by atoms with Gasteiger partial charge in [0.25, 0.3) is 5.91 Å². The lowest BCUT2D eigenvalue weighted by Crippen LogP contribution is -2.48. The summed E-state index contributed by atoms with van der Waals surface area (Å²) in [6.07, 6.45) is 1.92. The highest BCUT2D eigenvalue weighted by Crippen LogP contribution is 2.39. The van der Waals surface area contributed by atoms with Gasteiger partial charge in [0.15, 0.2) is 0 Å². The van der Waals surface area contributed by atoms with Crippen LogP contribution < -0.4 is 14.7 Å². The molecule has 1 amide bonds. The number of benzene rings is 2. The Hall–Kier alpha value is -2.10. The van der Waals surface area contributed by atoms with E-state index in [2.05, 4.69) is 4.72 Å². The summed E-state index contributed by atoms with van der Waals surface area (Å²) in [7, 11) is -2.49. The highest BCUT2D eigenvalue weighted by molar-refractivity contribution is 7.98. The molecule has 138 valence electrons. The second-order valence-corrected chi connectivity index (χ2v) is 8.62. The number of amides is 1. The molecule has 2 aromatic rings. The van der Waals surface area contributed by atoms with Crippen LogP contribution in [0.1, 0.15) is 16.8 Å². The second-order valence-electron chi connectivity index (χ2n) is 5.95. The van der Waals surface area contributed by atoms with Gasteiger partial charge in [0.1, 0.15) is 0 Å². The summed E-state index contributed by atoms with van der Waals surface area (Å²) < 4.78 is 27.9. The van der Waals surface area contributed by atoms with Crippen molar-refractivity contribution in [3.8, 4) is 0 Å². The average molecular weight is 393 g/mol. The third-order valence-corrected chi connectivity index (χ3v) is 6.53. The monoisotopic (exact) mass is 393 g/mol. The maximum absolute atomic E-state index is 12.8. The molecule has 0 spiro atoms. The Morgan fingerprint density at radius 1 is 1.31 bits per heavy atom. The van der Waals surface area contributed by atoms with Gasteiger partial charge in [0.2, 0.25) is 10.0 Å². The van der Waals surface area contributed by atoms with E-state index in [1.807, 2.05) is 0 Å². The molecule has 1 heterocycles. The van der Waals surface area contributed by atoms with Crippen LogP contribution in [0.3, 0.4) is 0 Å². The van der Waals surface area contributed by atoms with Crippen LogP contribution in [-0.4, -0.2) is 45.4 Å². The van der Waals surface area contributed by atoms with Crippen LogP contribution in [0.5, 0.6) is 0 Å². The van der Waals surface area contributed by atoms with Gasteiger partial charge in [-0.25, -0.2) is 13.1 Å². The Morgan fingerprint density at radius 2 is 2.04 bits per heavy atom. The van der Waals surface area contributed by atoms with E-state index in [4.69, 9.17) is 0 Å². The lowest BCUT2D eigenvalue weighted by Gasteiger charge is -2.20. The third kappa shape index (κ3) is 3.06. The van der Waals surface area contributed by atoms with Crippen LogP contribution in [0.25, 0.3) is 10.8 Å². The fourth-order valence-electron chi connectivity index (χ4n) is 3.05. The number of nitrogens with zero attached hydrogens (tertiary/aromatic N) is 1. The largest absolute Gasteiger partial charge is 0.548 e. The quantitative estimate of drug-likeness (QED) is 0.737. The molecule has 1 aliphatic heterocycles. The molecule has 7 nitrogen and oxygen atoms in total. The van der Waals surface area contributed by atoms with E-state index in [0.29, 0.717) is 27.8 Å². The first-order chi connectivity index (χ1) is 12.3. The molecule has 0 radical (unpaired) electrons. The molecule has 1 unspecified atom stereocenters. The summed E-state index contributed by atoms with van der Waals surface area (Å²) in [5, 5.41) is 12.2. The van der Waals surface area contributed by atoms with Crippen molar-refractivity contribution in [2.24, 2.45) is 0 Å². The van der Waals surface area contributed by atoms with Gasteiger partial charge in [-0.15, -0.1) is 0 Å². The van der Waals surface area contributed by atoms with Crippen LogP contribution in [0, 0.1) is 0 Å². The summed E-state index contributed by atoms with van der Waals surface area (Å²) in [6.45, 7) is 0. The second kappa shape index (κ2) is 6.90. The van der Waals surface area contributed by atoms with Gasteiger partial charge >= 0.3 is 0 Å². The predicted molar refractivity (Wildman–Crippen MR) is 98.8 cm³/mol. The first-order valence-corrected chi connectivity index (χ1v) is 10.7. The highest BCUT2D eigenvalue weighted by Gasteiger charge is 2.30. The number of aliphatic carboxylic acids is 1. The molecule has 0 bridgehead atoms. The Balaban J connectivity index is 2.08. The van der Waals surface area contributed by atoms with E-state index >= 15 is 0 Å². The Kier molecular flexibility index (Phi) is 4.96. The molecule has 0 aromatic heterocycles. The number of carbonyl (C=O) groups is 2. The van der Waals surface area contributed by atoms with Gasteiger partial charge in [-0.2, -0.15) is 11.8 Å². The van der Waals surface area contributed by atoms with Crippen molar-refractivity contribution < 1.29 is 23.1 Å². The molecular weight excluding hydrogens is 376 g/mol. The lowest BCUT2D eigenvalue weighted by atomic mass is 10.1. The first kappa shape index (κ1) is 18.7. The molecule has 1 atom stereocenters. The van der Waals surface area contributed by atoms with Crippen molar-refractivity contribution in [2.45, 2.75) is 17.4 Å². The number of thioether (sulfide) groups is 1. The molecule has 2 aromatic carbocycles. The van der Waals surface area contributed by atoms with E-state index in [-0.39, 0.29) is 17.2 Å². The number of carboxylic acids is 1. The normalized spacial score (nSPS) is 14.8. The number of anilines is 1. The first-order valence-electron chi connectivity index (χ1n) is 7.84. The van der Waals surface area contributed by atoms with Gasteiger partial charge < -0.3 is 14.8 Å². The zero-order chi connectivity index (χ0) is 19.1. The number of hydrogen-bond acceptors (Lipinski definition) is 6. The lowest BCUT2D eigenvalue weighted by molar-refractivity contribution is -0.308. The Morgan fingerprint density at radius 3 is 2.69 bits per heavy atom. The zero-order valence-electron chi connectivity index (χ0n) is 14.2. The molecule has 0 saturated heterocycles. The minimum atomic E-state index is -4.11. The summed E-state index contributed by atoms with van der Waals surface area (Å²) in [5.41, 5.74) is 1.05. The summed E-state index contributed by atoms with van der Waals surface area (Å²) in [6, 6.07) is 6.49. The van der Waals surface area contributed by atoms with Crippen LogP contribution in [-0.2, 0) is 14.8 Å². The van der Waals surface area contributed by atoms with E-state index in [1.54, 1.807) is 37.6 Å². The molecular formula is C17H17N2O5S2-. The SMILES string of the molecule is CSCCC(NS(=O)(=O)c1ccc2c3c(cccc13)C(=O)N2C)C(=O)[O-]. The van der Waals surface area contributed by atoms with Crippen LogP contribution >= 0.6 is 11.8 Å². The van der Waals surface area contributed by atoms with Crippen molar-refractivity contribution in [2.75, 3.05) is 24.0 Å². The molecule has 0 fully saturated rings. The van der Waals surface area contributed by atoms with Crippen LogP contribution in [0.4, 0.5) is 5.69 Å². The van der Waals surface area contributed by atoms with Crippen LogP contribution in [0.15, 0.2) is 35.2 Å². The third-order valence-electron chi connectivity index (χ3n) is 4.36. The topological polar surface area (TPSA) is 107 Å². The van der Waals surface area contributed by atoms with E-state index in [0.717, 1.165) is 0 Å². The molecule has 1 N–H and O–H groups in total. The van der Waals surface area contributed by atoms with E-state index in [9.17, 15) is 23.1 Å². The zero-order valence-corrected chi connectivity index (χ0v) is 15.8. The van der Waals surface area contributed by atoms with Gasteiger partial charge in [-0.3, -0.25) is 4.79 Å². The molecule has 0 aliphatic carbocycles.